The van der Waals surface area contributed by atoms with Gasteiger partial charge >= 0.3 is 23.9 Å². The number of aromatic amines is 1. The minimum Gasteiger partial charge on any atom is -0.481 e. The van der Waals surface area contributed by atoms with Crippen LogP contribution in [-0.2, 0) is 92.7 Å². The fourth-order valence-corrected chi connectivity index (χ4v) is 12.0. The van der Waals surface area contributed by atoms with Crippen LogP contribution >= 0.6 is 11.8 Å². The predicted octanol–water partition coefficient (Wildman–Crippen LogP) is -3.44. The summed E-state index contributed by atoms with van der Waals surface area (Å²) in [6.45, 7) is 15.0. The molecule has 14 amide bonds. The summed E-state index contributed by atoms with van der Waals surface area (Å²) in [6.07, 6.45) is -1.72. The van der Waals surface area contributed by atoms with Crippen molar-refractivity contribution in [2.24, 2.45) is 51.6 Å². The molecule has 0 aliphatic rings. The van der Waals surface area contributed by atoms with Crippen molar-refractivity contribution in [1.29, 1.82) is 0 Å². The summed E-state index contributed by atoms with van der Waals surface area (Å²) in [5.41, 5.74) is 23.5. The van der Waals surface area contributed by atoms with Gasteiger partial charge in [0.05, 0.1) is 12.5 Å². The molecular weight excluding hydrogens is 1530 g/mol. The summed E-state index contributed by atoms with van der Waals surface area (Å²) < 4.78 is 0. The van der Waals surface area contributed by atoms with Crippen LogP contribution in [0.3, 0.4) is 0 Å². The number of aromatic nitrogens is 1. The average Bonchev–Trinajstić information content (AvgIpc) is 1.70. The van der Waals surface area contributed by atoms with Crippen molar-refractivity contribution in [1.82, 2.24) is 74.1 Å². The summed E-state index contributed by atoms with van der Waals surface area (Å²) in [4.78, 5) is 250. The number of carbonyl (C=O) groups excluding carboxylic acids is 14. The maximum absolute atomic E-state index is 15.0. The van der Waals surface area contributed by atoms with Gasteiger partial charge in [-0.2, -0.15) is 11.8 Å². The van der Waals surface area contributed by atoms with Crippen molar-refractivity contribution < 1.29 is 107 Å². The number of fused-ring (bicyclic) bond motifs is 1. The van der Waals surface area contributed by atoms with E-state index in [0.717, 1.165) is 6.92 Å². The number of nitrogens with two attached hydrogens (primary N) is 4. The number of primary amides is 1. The predicted molar refractivity (Wildman–Crippen MR) is 420 cm³/mol. The Morgan fingerprint density at radius 2 is 0.826 bits per heavy atom. The lowest BCUT2D eigenvalue weighted by Gasteiger charge is -2.30. The van der Waals surface area contributed by atoms with Gasteiger partial charge in [-0.3, -0.25) is 91.3 Å². The summed E-state index contributed by atoms with van der Waals surface area (Å²) in [5.74, 6) is -21.4. The number of hydrogen-bond acceptors (Lipinski definition) is 21. The molecule has 0 saturated carbocycles. The number of para-hydroxylation sites is 1. The van der Waals surface area contributed by atoms with Gasteiger partial charge in [-0.25, -0.2) is 0 Å². The van der Waals surface area contributed by atoms with Gasteiger partial charge in [0, 0.05) is 49.3 Å². The topological polar surface area (TPSA) is 677 Å². The monoisotopic (exact) mass is 1640 g/mol. The number of nitrogens with one attached hydrogen (secondary N) is 14. The van der Waals surface area contributed by atoms with Gasteiger partial charge in [0.25, 0.3) is 0 Å². The molecule has 41 nitrogen and oxygen atoms in total. The van der Waals surface area contributed by atoms with Crippen molar-refractivity contribution in [2.75, 3.05) is 25.1 Å². The molecule has 42 heteroatoms. The molecule has 642 valence electrons. The first-order valence-electron chi connectivity index (χ1n) is 37.8. The number of carboxylic acid groups (broad SMARTS) is 4. The lowest BCUT2D eigenvalue weighted by molar-refractivity contribution is -0.139. The second kappa shape index (κ2) is 50.8. The first kappa shape index (κ1) is 99.9. The zero-order valence-electron chi connectivity index (χ0n) is 66.7. The third kappa shape index (κ3) is 38.0. The van der Waals surface area contributed by atoms with E-state index < -0.39 is 242 Å². The standard InChI is InChI=1S/C73H117N19O22S/c1-12-38(8)59(92-71(113)51(30-37(6)7)88-66(108)46(20-23-56(96)97)82-60(102)39(9)74)72(114)86-45(19-22-55(94)95)63(105)81-40(10)61(103)87-53(32-54(75)93)70(112)90-49(28-35(2)3)67(109)89-50(29-36(4)5)68(110)91-52(31-41-33-79-43-17-14-13-16-42(41)43)69(111)83-44(18-15-26-78-73(76)77)64(106)84-47(21-24-57(98)99)65(107)85-48(25-27-115-11)62(104)80-34-58(100)101/h13-14,16-17,33,35-40,44-53,59,79H,12,15,18-32,34,74H2,1-11H3,(H2,75,93)(H,80,104)(H,81,105)(H,82,102)(H,83,111)(H,84,106)(H,85,107)(H,86,114)(H,87,103)(H,88,108)(H,89,109)(H,90,112)(H,91,110)(H,92,113)(H,94,95)(H,96,97)(H,98,99)(H,100,101)(H4,76,77,78)/t38-,39-,40-,44-,45-,46-,47-,48-,49-,50-,51-,52-,53-,59-/m0/s1. The van der Waals surface area contributed by atoms with Crippen LogP contribution in [0.2, 0.25) is 0 Å². The third-order valence-electron chi connectivity index (χ3n) is 17.8. The number of hydrogen-bond donors (Lipinski definition) is 22. The molecule has 0 spiro atoms. The summed E-state index contributed by atoms with van der Waals surface area (Å²) in [7, 11) is 0. The number of carboxylic acids is 4. The van der Waals surface area contributed by atoms with Crippen LogP contribution in [0.4, 0.5) is 0 Å². The second-order valence-electron chi connectivity index (χ2n) is 29.3. The molecule has 1 heterocycles. The van der Waals surface area contributed by atoms with Crippen LogP contribution in [0.1, 0.15) is 165 Å². The molecular formula is C73H117N19O22S. The summed E-state index contributed by atoms with van der Waals surface area (Å²) >= 11 is 1.29. The van der Waals surface area contributed by atoms with Crippen molar-refractivity contribution >= 4 is 135 Å². The van der Waals surface area contributed by atoms with E-state index >= 15 is 0 Å². The Bertz CT molecular complexity index is 3740. The van der Waals surface area contributed by atoms with Crippen LogP contribution in [0.5, 0.6) is 0 Å². The maximum Gasteiger partial charge on any atom is 0.322 e. The molecule has 0 aliphatic carbocycles. The summed E-state index contributed by atoms with van der Waals surface area (Å²) in [6, 6.07) is -13.0. The summed E-state index contributed by atoms with van der Waals surface area (Å²) in [5, 5.41) is 70.8. The van der Waals surface area contributed by atoms with E-state index in [1.165, 1.54) is 18.7 Å². The Labute approximate surface area is 670 Å². The lowest BCUT2D eigenvalue weighted by atomic mass is 9.96. The molecule has 26 N–H and O–H groups in total. The average molecular weight is 1640 g/mol. The van der Waals surface area contributed by atoms with E-state index in [9.17, 15) is 107 Å². The zero-order valence-corrected chi connectivity index (χ0v) is 67.5. The molecule has 115 heavy (non-hydrogen) atoms. The third-order valence-corrected chi connectivity index (χ3v) is 18.5. The minimum absolute atomic E-state index is 0.00238. The number of thioether (sulfide) groups is 1. The van der Waals surface area contributed by atoms with E-state index in [1.54, 1.807) is 92.1 Å². The molecule has 2 aromatic rings. The van der Waals surface area contributed by atoms with Gasteiger partial charge < -0.3 is 117 Å². The number of amides is 14. The normalized spacial score (nSPS) is 14.8. The zero-order chi connectivity index (χ0) is 87.1. The van der Waals surface area contributed by atoms with Gasteiger partial charge in [0.15, 0.2) is 5.96 Å². The van der Waals surface area contributed by atoms with Crippen molar-refractivity contribution in [3.05, 3.63) is 36.0 Å². The number of H-pyrrole nitrogens is 1. The van der Waals surface area contributed by atoms with Crippen molar-refractivity contribution in [2.45, 2.75) is 244 Å². The number of benzene rings is 1. The van der Waals surface area contributed by atoms with Crippen LogP contribution in [0.15, 0.2) is 35.5 Å². The van der Waals surface area contributed by atoms with Crippen LogP contribution < -0.4 is 92.1 Å². The van der Waals surface area contributed by atoms with E-state index in [-0.39, 0.29) is 82.1 Å². The van der Waals surface area contributed by atoms with Gasteiger partial charge in [0.1, 0.15) is 79.0 Å². The first-order chi connectivity index (χ1) is 53.9. The number of guanidine groups is 1. The Kier molecular flexibility index (Phi) is 44.1. The Morgan fingerprint density at radius 1 is 0.443 bits per heavy atom. The molecule has 14 atom stereocenters. The highest BCUT2D eigenvalue weighted by atomic mass is 32.2. The fourth-order valence-electron chi connectivity index (χ4n) is 11.5. The molecule has 1 aromatic carbocycles. The van der Waals surface area contributed by atoms with Crippen LogP contribution in [-0.4, -0.2) is 242 Å². The smallest absolute Gasteiger partial charge is 0.322 e. The van der Waals surface area contributed by atoms with E-state index in [4.69, 9.17) is 22.9 Å². The van der Waals surface area contributed by atoms with Gasteiger partial charge in [-0.05, 0) is 119 Å². The Morgan fingerprint density at radius 3 is 1.25 bits per heavy atom. The van der Waals surface area contributed by atoms with Gasteiger partial charge in [0.2, 0.25) is 82.7 Å². The lowest BCUT2D eigenvalue weighted by Crippen LogP contribution is -2.61. The molecule has 0 radical (unpaired) electrons. The SMILES string of the molecule is CC[C@H](C)[C@H](NC(=O)[C@H](CC(C)C)NC(=O)[C@H](CCC(=O)O)NC(=O)[C@H](C)N)C(=O)N[C@@H](CCC(=O)O)C(=O)N[C@@H](C)C(=O)N[C@@H](CC(N)=O)C(=O)N[C@@H](CC(C)C)C(=O)N[C@@H](CC(C)C)C(=O)N[C@@H](Cc1c[nH]c2ccccc12)C(=O)N[C@@H](CCCN=C(N)N)C(=O)N[C@@H](CCC(=O)O)C(=O)N[C@@H](CCSC)C(=O)NCC(=O)O. The number of carbonyl (C=O) groups is 18. The molecule has 0 fully saturated rings. The van der Waals surface area contributed by atoms with Gasteiger partial charge in [-0.15, -0.1) is 0 Å². The molecule has 0 unspecified atom stereocenters. The maximum atomic E-state index is 15.0. The fraction of sp³-hybridized carbons (Fsp3) is 0.630. The van der Waals surface area contributed by atoms with E-state index in [2.05, 4.69) is 79.1 Å². The minimum atomic E-state index is -1.88. The molecule has 0 aliphatic heterocycles. The van der Waals surface area contributed by atoms with Crippen molar-refractivity contribution in [3.8, 4) is 0 Å². The van der Waals surface area contributed by atoms with Crippen LogP contribution in [0.25, 0.3) is 10.9 Å². The molecule has 0 saturated heterocycles. The number of nitrogens with zero attached hydrogens (tertiary/aromatic N) is 1. The van der Waals surface area contributed by atoms with Crippen LogP contribution in [0, 0.1) is 23.7 Å². The Balaban J connectivity index is 2.59. The second-order valence-corrected chi connectivity index (χ2v) is 30.2. The highest BCUT2D eigenvalue weighted by Gasteiger charge is 2.39. The Hall–Kier alpha value is -11.2. The largest absolute Gasteiger partial charge is 0.481 e. The number of aliphatic carboxylic acids is 4. The van der Waals surface area contributed by atoms with Gasteiger partial charge in [-0.1, -0.05) is 80.0 Å². The molecule has 1 aromatic heterocycles. The van der Waals surface area contributed by atoms with E-state index in [1.807, 2.05) is 0 Å². The highest BCUT2D eigenvalue weighted by Crippen LogP contribution is 2.21. The molecule has 0 bridgehead atoms. The quantitative estimate of drug-likeness (QED) is 0.0174. The number of rotatable bonds is 55. The highest BCUT2D eigenvalue weighted by molar-refractivity contribution is 7.98. The van der Waals surface area contributed by atoms with Crippen molar-refractivity contribution in [3.63, 3.8) is 0 Å². The molecule has 2 rings (SSSR count). The van der Waals surface area contributed by atoms with E-state index in [0.29, 0.717) is 22.2 Å². The first-order valence-corrected chi connectivity index (χ1v) is 39.2. The number of aliphatic imine (C=N–C) groups is 1.